The van der Waals surface area contributed by atoms with Crippen LogP contribution in [0.1, 0.15) is 19.8 Å². The number of aliphatic carboxylic acids is 1. The Balaban J connectivity index is 2.75. The van der Waals surface area contributed by atoms with Crippen molar-refractivity contribution >= 4 is 17.9 Å². The number of cyclic esters (lactones) is 2. The molecule has 0 saturated carbocycles. The molecule has 0 aromatic heterocycles. The van der Waals surface area contributed by atoms with E-state index in [1.165, 1.54) is 0 Å². The summed E-state index contributed by atoms with van der Waals surface area (Å²) in [6, 6.07) is 0. The van der Waals surface area contributed by atoms with Gasteiger partial charge < -0.3 is 9.84 Å². The van der Waals surface area contributed by atoms with Crippen LogP contribution in [-0.2, 0) is 19.1 Å². The summed E-state index contributed by atoms with van der Waals surface area (Å²) in [4.78, 5) is 32.3. The summed E-state index contributed by atoms with van der Waals surface area (Å²) in [5.74, 6) is -4.00. The van der Waals surface area contributed by atoms with Crippen molar-refractivity contribution in [2.24, 2.45) is 11.8 Å². The Bertz CT molecular complexity index is 257. The topological polar surface area (TPSA) is 80.7 Å². The van der Waals surface area contributed by atoms with Crippen molar-refractivity contribution in [3.8, 4) is 0 Å². The van der Waals surface area contributed by atoms with E-state index in [1.54, 1.807) is 6.92 Å². The van der Waals surface area contributed by atoms with Gasteiger partial charge in [-0.1, -0.05) is 6.92 Å². The highest BCUT2D eigenvalue weighted by Gasteiger charge is 2.41. The summed E-state index contributed by atoms with van der Waals surface area (Å²) in [6.45, 7) is 1.66. The van der Waals surface area contributed by atoms with Crippen LogP contribution in [0, 0.1) is 11.8 Å². The molecule has 1 aliphatic rings. The van der Waals surface area contributed by atoms with Gasteiger partial charge in [-0.05, 0) is 6.42 Å². The van der Waals surface area contributed by atoms with Crippen molar-refractivity contribution in [3.05, 3.63) is 0 Å². The minimum Gasteiger partial charge on any atom is -0.481 e. The van der Waals surface area contributed by atoms with E-state index in [4.69, 9.17) is 5.11 Å². The molecule has 1 saturated heterocycles. The van der Waals surface area contributed by atoms with Crippen LogP contribution < -0.4 is 0 Å². The maximum absolute atomic E-state index is 11.0. The first kappa shape index (κ1) is 9.70. The lowest BCUT2D eigenvalue weighted by molar-refractivity contribution is -0.156. The van der Waals surface area contributed by atoms with Crippen molar-refractivity contribution in [1.82, 2.24) is 0 Å². The molecule has 0 spiro atoms. The van der Waals surface area contributed by atoms with Crippen LogP contribution in [-0.4, -0.2) is 23.0 Å². The van der Waals surface area contributed by atoms with E-state index < -0.39 is 29.7 Å². The summed E-state index contributed by atoms with van der Waals surface area (Å²) >= 11 is 0. The van der Waals surface area contributed by atoms with Gasteiger partial charge in [0.25, 0.3) is 0 Å². The van der Waals surface area contributed by atoms with Crippen LogP contribution in [0.5, 0.6) is 0 Å². The Labute approximate surface area is 74.7 Å². The minimum absolute atomic E-state index is 0.107. The Hall–Kier alpha value is -1.39. The summed E-state index contributed by atoms with van der Waals surface area (Å²) in [5, 5.41) is 8.72. The molecule has 2 unspecified atom stereocenters. The zero-order chi connectivity index (χ0) is 10.0. The molecule has 13 heavy (non-hydrogen) atoms. The van der Waals surface area contributed by atoms with E-state index in [0.29, 0.717) is 6.42 Å². The first-order chi connectivity index (χ1) is 6.06. The van der Waals surface area contributed by atoms with E-state index in [9.17, 15) is 14.4 Å². The zero-order valence-electron chi connectivity index (χ0n) is 7.15. The summed E-state index contributed by atoms with van der Waals surface area (Å²) in [6.07, 6.45) is 0.214. The fourth-order valence-electron chi connectivity index (χ4n) is 1.43. The van der Waals surface area contributed by atoms with Gasteiger partial charge in [-0.15, -0.1) is 0 Å². The maximum atomic E-state index is 11.0. The van der Waals surface area contributed by atoms with Crippen LogP contribution in [0.25, 0.3) is 0 Å². The molecule has 1 fully saturated rings. The third kappa shape index (κ3) is 1.85. The van der Waals surface area contributed by atoms with Crippen LogP contribution in [0.4, 0.5) is 0 Å². The lowest BCUT2D eigenvalue weighted by atomic mass is 9.89. The monoisotopic (exact) mass is 186 g/mol. The third-order valence-corrected chi connectivity index (χ3v) is 2.15. The normalized spacial score (nSPS) is 24.2. The smallest absolute Gasteiger partial charge is 0.318 e. The van der Waals surface area contributed by atoms with E-state index in [1.807, 2.05) is 0 Å². The zero-order valence-corrected chi connectivity index (χ0v) is 7.15. The number of carbonyl (C=O) groups is 3. The molecule has 0 radical (unpaired) electrons. The number of rotatable bonds is 3. The van der Waals surface area contributed by atoms with Gasteiger partial charge in [-0.2, -0.15) is 0 Å². The Morgan fingerprint density at radius 3 is 2.62 bits per heavy atom. The highest BCUT2D eigenvalue weighted by Crippen LogP contribution is 2.26. The molecule has 1 heterocycles. The maximum Gasteiger partial charge on any atom is 0.318 e. The Kier molecular flexibility index (Phi) is 2.65. The Morgan fingerprint density at radius 1 is 1.69 bits per heavy atom. The lowest BCUT2D eigenvalue weighted by Crippen LogP contribution is -2.26. The molecule has 1 N–H and O–H groups in total. The van der Waals surface area contributed by atoms with Gasteiger partial charge in [0.15, 0.2) is 0 Å². The number of esters is 2. The quantitative estimate of drug-likeness (QED) is 0.502. The van der Waals surface area contributed by atoms with Crippen molar-refractivity contribution in [1.29, 1.82) is 0 Å². The average Bonchev–Trinajstić information content (AvgIpc) is 2.31. The SMILES string of the molecule is CCC(C(=O)O)C1CC(=O)OC1=O. The molecule has 5 heteroatoms. The summed E-state index contributed by atoms with van der Waals surface area (Å²) in [5.41, 5.74) is 0. The number of ether oxygens (including phenoxy) is 1. The van der Waals surface area contributed by atoms with Crippen LogP contribution >= 0.6 is 0 Å². The first-order valence-electron chi connectivity index (χ1n) is 4.03. The number of carboxylic acids is 1. The number of hydrogen-bond acceptors (Lipinski definition) is 4. The van der Waals surface area contributed by atoms with Crippen LogP contribution in [0.3, 0.4) is 0 Å². The number of hydrogen-bond donors (Lipinski definition) is 1. The van der Waals surface area contributed by atoms with Gasteiger partial charge in [0, 0.05) is 0 Å². The van der Waals surface area contributed by atoms with Crippen LogP contribution in [0.15, 0.2) is 0 Å². The van der Waals surface area contributed by atoms with Gasteiger partial charge in [-0.3, -0.25) is 14.4 Å². The average molecular weight is 186 g/mol. The summed E-state index contributed by atoms with van der Waals surface area (Å²) in [7, 11) is 0. The van der Waals surface area contributed by atoms with Gasteiger partial charge in [0.05, 0.1) is 18.3 Å². The molecule has 5 nitrogen and oxygen atoms in total. The highest BCUT2D eigenvalue weighted by molar-refractivity contribution is 5.96. The predicted molar refractivity (Wildman–Crippen MR) is 40.6 cm³/mol. The molecular formula is C8H10O5. The molecule has 1 rings (SSSR count). The Morgan fingerprint density at radius 2 is 2.31 bits per heavy atom. The van der Waals surface area contributed by atoms with Crippen molar-refractivity contribution in [3.63, 3.8) is 0 Å². The molecule has 0 aromatic rings. The highest BCUT2D eigenvalue weighted by atomic mass is 16.6. The second kappa shape index (κ2) is 3.55. The molecule has 0 amide bonds. The fraction of sp³-hybridized carbons (Fsp3) is 0.625. The van der Waals surface area contributed by atoms with Crippen molar-refractivity contribution < 1.29 is 24.2 Å². The molecule has 0 aromatic carbocycles. The molecule has 2 atom stereocenters. The van der Waals surface area contributed by atoms with Gasteiger partial charge in [0.2, 0.25) is 0 Å². The van der Waals surface area contributed by atoms with E-state index in [2.05, 4.69) is 4.74 Å². The fourth-order valence-corrected chi connectivity index (χ4v) is 1.43. The number of carboxylic acid groups (broad SMARTS) is 1. The largest absolute Gasteiger partial charge is 0.481 e. The van der Waals surface area contributed by atoms with Crippen LogP contribution in [0.2, 0.25) is 0 Å². The van der Waals surface area contributed by atoms with Crippen molar-refractivity contribution in [2.45, 2.75) is 19.8 Å². The molecule has 0 bridgehead atoms. The standard InChI is InChI=1S/C8H10O5/c1-2-4(7(10)11)5-3-6(9)13-8(5)12/h4-5H,2-3H2,1H3,(H,10,11). The van der Waals surface area contributed by atoms with Crippen molar-refractivity contribution in [2.75, 3.05) is 0 Å². The van der Waals surface area contributed by atoms with E-state index in [0.717, 1.165) is 0 Å². The second-order valence-electron chi connectivity index (χ2n) is 2.96. The minimum atomic E-state index is -1.06. The second-order valence-corrected chi connectivity index (χ2v) is 2.96. The molecule has 72 valence electrons. The van der Waals surface area contributed by atoms with Gasteiger partial charge in [-0.25, -0.2) is 0 Å². The predicted octanol–water partition coefficient (Wildman–Crippen LogP) is 0.187. The summed E-state index contributed by atoms with van der Waals surface area (Å²) < 4.78 is 4.27. The van der Waals surface area contributed by atoms with Gasteiger partial charge >= 0.3 is 17.9 Å². The molecular weight excluding hydrogens is 176 g/mol. The van der Waals surface area contributed by atoms with Gasteiger partial charge in [0.1, 0.15) is 0 Å². The third-order valence-electron chi connectivity index (χ3n) is 2.15. The first-order valence-corrected chi connectivity index (χ1v) is 4.03. The molecule has 1 aliphatic heterocycles. The number of carbonyl (C=O) groups excluding carboxylic acids is 2. The lowest BCUT2D eigenvalue weighted by Gasteiger charge is -2.12. The molecule has 0 aliphatic carbocycles. The van der Waals surface area contributed by atoms with E-state index in [-0.39, 0.29) is 6.42 Å². The van der Waals surface area contributed by atoms with E-state index >= 15 is 0 Å².